The molecule has 8 heteroatoms. The minimum absolute atomic E-state index is 0.0902. The lowest BCUT2D eigenvalue weighted by molar-refractivity contribution is -0.120. The van der Waals surface area contributed by atoms with E-state index in [0.29, 0.717) is 42.5 Å². The number of nitrogens with one attached hydrogen (secondary N) is 2. The Morgan fingerprint density at radius 3 is 3.04 bits per heavy atom. The van der Waals surface area contributed by atoms with E-state index in [1.165, 1.54) is 0 Å². The summed E-state index contributed by atoms with van der Waals surface area (Å²) in [5.41, 5.74) is 1.45. The highest BCUT2D eigenvalue weighted by Crippen LogP contribution is 2.29. The first-order valence-electron chi connectivity index (χ1n) is 7.99. The molecule has 0 spiro atoms. The number of hydrogen-bond donors (Lipinski definition) is 2. The fourth-order valence-electron chi connectivity index (χ4n) is 2.80. The molecule has 3 amide bonds. The predicted octanol–water partition coefficient (Wildman–Crippen LogP) is 1.58. The molecule has 2 N–H and O–H groups in total. The van der Waals surface area contributed by atoms with Crippen molar-refractivity contribution < 1.29 is 14.3 Å². The minimum Gasteiger partial charge on any atom is -0.496 e. The van der Waals surface area contributed by atoms with Gasteiger partial charge < -0.3 is 20.3 Å². The van der Waals surface area contributed by atoms with Crippen molar-refractivity contribution in [3.8, 4) is 5.75 Å². The summed E-state index contributed by atoms with van der Waals surface area (Å²) in [6.45, 7) is 2.21. The highest BCUT2D eigenvalue weighted by atomic mass is 35.5. The summed E-state index contributed by atoms with van der Waals surface area (Å²) in [7, 11) is 1.55. The van der Waals surface area contributed by atoms with E-state index in [1.54, 1.807) is 30.3 Å². The zero-order valence-electron chi connectivity index (χ0n) is 13.8. The first-order valence-corrected chi connectivity index (χ1v) is 8.37. The summed E-state index contributed by atoms with van der Waals surface area (Å²) < 4.78 is 5.37. The topological polar surface area (TPSA) is 83.6 Å². The van der Waals surface area contributed by atoms with E-state index in [0.717, 1.165) is 10.9 Å². The average molecular weight is 363 g/mol. The van der Waals surface area contributed by atoms with Crippen LogP contribution in [0, 0.1) is 0 Å². The van der Waals surface area contributed by atoms with Crippen molar-refractivity contribution in [3.63, 3.8) is 0 Å². The maximum Gasteiger partial charge on any atom is 0.317 e. The van der Waals surface area contributed by atoms with Crippen molar-refractivity contribution >= 4 is 34.4 Å². The Balaban J connectivity index is 1.65. The third-order valence-corrected chi connectivity index (χ3v) is 4.42. The van der Waals surface area contributed by atoms with Crippen LogP contribution in [0.2, 0.25) is 5.02 Å². The quantitative estimate of drug-likeness (QED) is 0.817. The maximum atomic E-state index is 12.2. The second-order valence-electron chi connectivity index (χ2n) is 5.72. The molecule has 25 heavy (non-hydrogen) atoms. The zero-order valence-corrected chi connectivity index (χ0v) is 14.6. The SMILES string of the molecule is COc1cc2nccc(Cl)c2cc1CC(=O)NCCN1CCNC1=O. The van der Waals surface area contributed by atoms with Crippen LogP contribution in [0.15, 0.2) is 24.4 Å². The fraction of sp³-hybridized carbons (Fsp3) is 0.353. The van der Waals surface area contributed by atoms with Gasteiger partial charge in [0, 0.05) is 49.4 Å². The van der Waals surface area contributed by atoms with Crippen molar-refractivity contribution in [3.05, 3.63) is 35.0 Å². The summed E-state index contributed by atoms with van der Waals surface area (Å²) in [6.07, 6.45) is 1.79. The number of nitrogens with zero attached hydrogens (tertiary/aromatic N) is 2. The third kappa shape index (κ3) is 3.93. The van der Waals surface area contributed by atoms with Gasteiger partial charge >= 0.3 is 6.03 Å². The van der Waals surface area contributed by atoms with Crippen molar-refractivity contribution in [1.82, 2.24) is 20.5 Å². The molecule has 0 atom stereocenters. The lowest BCUT2D eigenvalue weighted by atomic mass is 10.1. The van der Waals surface area contributed by atoms with Gasteiger partial charge in [-0.3, -0.25) is 9.78 Å². The van der Waals surface area contributed by atoms with E-state index in [-0.39, 0.29) is 18.4 Å². The van der Waals surface area contributed by atoms with E-state index in [2.05, 4.69) is 15.6 Å². The van der Waals surface area contributed by atoms with Crippen LogP contribution in [-0.2, 0) is 11.2 Å². The molecular formula is C17H19ClN4O3. The average Bonchev–Trinajstić information content (AvgIpc) is 3.00. The number of carbonyl (C=O) groups is 2. The van der Waals surface area contributed by atoms with E-state index >= 15 is 0 Å². The molecule has 2 heterocycles. The van der Waals surface area contributed by atoms with Crippen LogP contribution in [0.3, 0.4) is 0 Å². The number of halogens is 1. The molecule has 7 nitrogen and oxygen atoms in total. The third-order valence-electron chi connectivity index (χ3n) is 4.09. The van der Waals surface area contributed by atoms with Gasteiger partial charge in [-0.25, -0.2) is 4.79 Å². The fourth-order valence-corrected chi connectivity index (χ4v) is 3.01. The molecule has 2 aromatic rings. The number of methoxy groups -OCH3 is 1. The van der Waals surface area contributed by atoms with E-state index in [4.69, 9.17) is 16.3 Å². The van der Waals surface area contributed by atoms with Gasteiger partial charge in [-0.1, -0.05) is 11.6 Å². The zero-order chi connectivity index (χ0) is 17.8. The van der Waals surface area contributed by atoms with Crippen LogP contribution in [0.25, 0.3) is 10.9 Å². The summed E-state index contributed by atoms with van der Waals surface area (Å²) in [4.78, 5) is 29.6. The van der Waals surface area contributed by atoms with Crippen LogP contribution < -0.4 is 15.4 Å². The predicted molar refractivity (Wildman–Crippen MR) is 95.0 cm³/mol. The van der Waals surface area contributed by atoms with Crippen LogP contribution in [0.4, 0.5) is 4.79 Å². The molecule has 1 aliphatic heterocycles. The molecule has 0 saturated carbocycles. The number of carbonyl (C=O) groups excluding carboxylic acids is 2. The molecule has 0 bridgehead atoms. The molecule has 1 fully saturated rings. The van der Waals surface area contributed by atoms with Gasteiger partial charge in [0.15, 0.2) is 0 Å². The van der Waals surface area contributed by atoms with Crippen LogP contribution in [-0.4, -0.2) is 55.1 Å². The van der Waals surface area contributed by atoms with Gasteiger partial charge in [-0.15, -0.1) is 0 Å². The standard InChI is InChI=1S/C17H19ClN4O3/c1-25-15-10-14-12(13(18)2-3-19-14)8-11(15)9-16(23)20-4-6-22-7-5-21-17(22)24/h2-3,8,10H,4-7,9H2,1H3,(H,20,23)(H,21,24). The highest BCUT2D eigenvalue weighted by molar-refractivity contribution is 6.35. The molecular weight excluding hydrogens is 344 g/mol. The summed E-state index contributed by atoms with van der Waals surface area (Å²) >= 11 is 6.21. The number of hydrogen-bond acceptors (Lipinski definition) is 4. The number of pyridine rings is 1. The summed E-state index contributed by atoms with van der Waals surface area (Å²) in [5.74, 6) is 0.452. The van der Waals surface area contributed by atoms with E-state index in [1.807, 2.05) is 6.07 Å². The number of amides is 3. The number of ether oxygens (including phenoxy) is 1. The van der Waals surface area contributed by atoms with Crippen LogP contribution in [0.1, 0.15) is 5.56 Å². The molecule has 3 rings (SSSR count). The van der Waals surface area contributed by atoms with Gasteiger partial charge in [0.25, 0.3) is 0 Å². The second kappa shape index (κ2) is 7.57. The van der Waals surface area contributed by atoms with E-state index in [9.17, 15) is 9.59 Å². The Hall–Kier alpha value is -2.54. The largest absolute Gasteiger partial charge is 0.496 e. The highest BCUT2D eigenvalue weighted by Gasteiger charge is 2.19. The van der Waals surface area contributed by atoms with Gasteiger partial charge in [-0.05, 0) is 12.1 Å². The Bertz CT molecular complexity index is 812. The molecule has 1 aliphatic rings. The molecule has 1 saturated heterocycles. The van der Waals surface area contributed by atoms with Gasteiger partial charge in [0.1, 0.15) is 5.75 Å². The second-order valence-corrected chi connectivity index (χ2v) is 6.13. The Morgan fingerprint density at radius 2 is 2.32 bits per heavy atom. The lowest BCUT2D eigenvalue weighted by Gasteiger charge is -2.15. The molecule has 0 unspecified atom stereocenters. The number of fused-ring (bicyclic) bond motifs is 1. The minimum atomic E-state index is -0.141. The maximum absolute atomic E-state index is 12.2. The first-order chi connectivity index (χ1) is 12.1. The smallest absolute Gasteiger partial charge is 0.317 e. The van der Waals surface area contributed by atoms with Gasteiger partial charge in [-0.2, -0.15) is 0 Å². The van der Waals surface area contributed by atoms with Crippen molar-refractivity contribution in [1.29, 1.82) is 0 Å². The molecule has 1 aromatic heterocycles. The molecule has 0 radical (unpaired) electrons. The summed E-state index contributed by atoms with van der Waals surface area (Å²) in [6, 6.07) is 5.23. The lowest BCUT2D eigenvalue weighted by Crippen LogP contribution is -2.37. The van der Waals surface area contributed by atoms with E-state index < -0.39 is 0 Å². The van der Waals surface area contributed by atoms with Crippen molar-refractivity contribution in [2.75, 3.05) is 33.3 Å². The molecule has 132 valence electrons. The van der Waals surface area contributed by atoms with Crippen LogP contribution >= 0.6 is 11.6 Å². The van der Waals surface area contributed by atoms with Crippen LogP contribution in [0.5, 0.6) is 5.75 Å². The number of rotatable bonds is 6. The first kappa shape index (κ1) is 17.3. The Labute approximate surface area is 150 Å². The molecule has 1 aromatic carbocycles. The van der Waals surface area contributed by atoms with Gasteiger partial charge in [0.05, 0.1) is 24.1 Å². The Kier molecular flexibility index (Phi) is 5.23. The number of aromatic nitrogens is 1. The molecule has 0 aliphatic carbocycles. The normalized spacial score (nSPS) is 13.8. The number of urea groups is 1. The van der Waals surface area contributed by atoms with Crippen molar-refractivity contribution in [2.45, 2.75) is 6.42 Å². The van der Waals surface area contributed by atoms with Crippen molar-refractivity contribution in [2.24, 2.45) is 0 Å². The monoisotopic (exact) mass is 362 g/mol. The Morgan fingerprint density at radius 1 is 1.48 bits per heavy atom. The van der Waals surface area contributed by atoms with Gasteiger partial charge in [0.2, 0.25) is 5.91 Å². The summed E-state index contributed by atoms with van der Waals surface area (Å²) in [5, 5.41) is 6.91. The number of benzene rings is 1.